The number of nitrogens with one attached hydrogen (secondary N) is 1. The lowest BCUT2D eigenvalue weighted by Crippen LogP contribution is -2.41. The maximum Gasteiger partial charge on any atom is 0.258 e. The van der Waals surface area contributed by atoms with Gasteiger partial charge in [-0.2, -0.15) is 0 Å². The first kappa shape index (κ1) is 21.8. The Morgan fingerprint density at radius 3 is 2.48 bits per heavy atom. The molecule has 0 radical (unpaired) electrons. The van der Waals surface area contributed by atoms with Crippen LogP contribution in [0.5, 0.6) is 11.5 Å². The first-order chi connectivity index (χ1) is 14.1. The van der Waals surface area contributed by atoms with Crippen LogP contribution in [0.2, 0.25) is 10.0 Å². The van der Waals surface area contributed by atoms with Crippen LogP contribution in [0.25, 0.3) is 0 Å². The summed E-state index contributed by atoms with van der Waals surface area (Å²) in [6.45, 7) is 2.48. The van der Waals surface area contributed by atoms with Gasteiger partial charge in [-0.3, -0.25) is 9.69 Å². The van der Waals surface area contributed by atoms with Crippen LogP contribution in [0.1, 0.15) is 30.9 Å². The number of carbonyl (C=O) groups excluding carboxylic acids is 1. The van der Waals surface area contributed by atoms with Crippen LogP contribution in [0, 0.1) is 0 Å². The number of piperidine rings is 1. The molecule has 1 unspecified atom stereocenters. The second kappa shape index (κ2) is 10.7. The van der Waals surface area contributed by atoms with Crippen molar-refractivity contribution >= 4 is 29.1 Å². The summed E-state index contributed by atoms with van der Waals surface area (Å²) < 4.78 is 10.8. The smallest absolute Gasteiger partial charge is 0.258 e. The Kier molecular flexibility index (Phi) is 8.04. The monoisotopic (exact) mass is 436 g/mol. The van der Waals surface area contributed by atoms with Gasteiger partial charge in [-0.05, 0) is 61.8 Å². The van der Waals surface area contributed by atoms with Crippen LogP contribution in [-0.2, 0) is 4.79 Å². The molecule has 156 valence electrons. The molecule has 0 bridgehead atoms. The van der Waals surface area contributed by atoms with E-state index in [1.165, 1.54) is 19.3 Å². The zero-order valence-electron chi connectivity index (χ0n) is 16.5. The molecule has 2 aromatic carbocycles. The zero-order chi connectivity index (χ0) is 20.6. The van der Waals surface area contributed by atoms with E-state index in [1.54, 1.807) is 25.3 Å². The average molecular weight is 437 g/mol. The number of nitrogens with zero attached hydrogens (tertiary/aromatic N) is 1. The Balaban J connectivity index is 1.60. The molecule has 1 atom stereocenters. The van der Waals surface area contributed by atoms with Crippen LogP contribution >= 0.6 is 23.2 Å². The third-order valence-electron chi connectivity index (χ3n) is 5.08. The van der Waals surface area contributed by atoms with Crippen LogP contribution in [-0.4, -0.2) is 44.2 Å². The number of amides is 1. The number of hydrogen-bond donors (Lipinski definition) is 1. The summed E-state index contributed by atoms with van der Waals surface area (Å²) in [5, 5.41) is 3.91. The summed E-state index contributed by atoms with van der Waals surface area (Å²) in [7, 11) is 1.66. The number of likely N-dealkylation sites (tertiary alicyclic amines) is 1. The van der Waals surface area contributed by atoms with Crippen molar-refractivity contribution in [2.24, 2.45) is 0 Å². The van der Waals surface area contributed by atoms with Gasteiger partial charge in [0.05, 0.1) is 18.2 Å². The fourth-order valence-corrected chi connectivity index (χ4v) is 3.97. The van der Waals surface area contributed by atoms with E-state index >= 15 is 0 Å². The van der Waals surface area contributed by atoms with Gasteiger partial charge in [0.2, 0.25) is 0 Å². The molecule has 1 amide bonds. The second-order valence-corrected chi connectivity index (χ2v) is 7.90. The summed E-state index contributed by atoms with van der Waals surface area (Å²) in [5.74, 6) is 1.07. The lowest BCUT2D eigenvalue weighted by molar-refractivity contribution is -0.123. The minimum atomic E-state index is -0.188. The van der Waals surface area contributed by atoms with E-state index in [4.69, 9.17) is 32.7 Å². The Labute approximate surface area is 181 Å². The molecule has 2 aromatic rings. The van der Waals surface area contributed by atoms with Gasteiger partial charge in [-0.25, -0.2) is 0 Å². The molecular weight excluding hydrogens is 411 g/mol. The Morgan fingerprint density at radius 2 is 1.83 bits per heavy atom. The quantitative estimate of drug-likeness (QED) is 0.649. The van der Waals surface area contributed by atoms with E-state index in [1.807, 2.05) is 12.1 Å². The molecular formula is C22H26Cl2N2O3. The van der Waals surface area contributed by atoms with Gasteiger partial charge in [0.25, 0.3) is 5.91 Å². The molecule has 1 heterocycles. The number of ether oxygens (including phenoxy) is 2. The number of hydrogen-bond acceptors (Lipinski definition) is 4. The van der Waals surface area contributed by atoms with Crippen LogP contribution < -0.4 is 14.8 Å². The van der Waals surface area contributed by atoms with Crippen molar-refractivity contribution < 1.29 is 14.3 Å². The number of rotatable bonds is 8. The van der Waals surface area contributed by atoms with Gasteiger partial charge in [0, 0.05) is 11.6 Å². The lowest BCUT2D eigenvalue weighted by atomic mass is 10.0. The average Bonchev–Trinajstić information content (AvgIpc) is 2.74. The SMILES string of the molecule is COc1ccc(C(CNC(=O)COc2ccc(Cl)cc2Cl)N2CCCCC2)cc1. The lowest BCUT2D eigenvalue weighted by Gasteiger charge is -2.35. The van der Waals surface area contributed by atoms with Crippen molar-refractivity contribution in [1.29, 1.82) is 0 Å². The summed E-state index contributed by atoms with van der Waals surface area (Å²) in [4.78, 5) is 14.8. The van der Waals surface area contributed by atoms with Crippen molar-refractivity contribution in [1.82, 2.24) is 10.2 Å². The largest absolute Gasteiger partial charge is 0.497 e. The Hall–Kier alpha value is -1.95. The second-order valence-electron chi connectivity index (χ2n) is 7.05. The van der Waals surface area contributed by atoms with Crippen LogP contribution in [0.3, 0.4) is 0 Å². The highest BCUT2D eigenvalue weighted by molar-refractivity contribution is 6.35. The van der Waals surface area contributed by atoms with Gasteiger partial charge in [-0.1, -0.05) is 41.8 Å². The minimum absolute atomic E-state index is 0.101. The highest BCUT2D eigenvalue weighted by Gasteiger charge is 2.23. The highest BCUT2D eigenvalue weighted by atomic mass is 35.5. The maximum atomic E-state index is 12.4. The number of methoxy groups -OCH3 is 1. The van der Waals surface area contributed by atoms with Crippen molar-refractivity contribution in [2.75, 3.05) is 33.4 Å². The predicted molar refractivity (Wildman–Crippen MR) is 116 cm³/mol. The molecule has 0 aliphatic carbocycles. The van der Waals surface area contributed by atoms with Crippen molar-refractivity contribution in [2.45, 2.75) is 25.3 Å². The number of carbonyl (C=O) groups is 1. The number of benzene rings is 2. The topological polar surface area (TPSA) is 50.8 Å². The fraction of sp³-hybridized carbons (Fsp3) is 0.409. The molecule has 3 rings (SSSR count). The molecule has 0 saturated carbocycles. The first-order valence-electron chi connectivity index (χ1n) is 9.79. The normalized spacial score (nSPS) is 15.6. The summed E-state index contributed by atoms with van der Waals surface area (Å²) in [6, 6.07) is 13.1. The van der Waals surface area contributed by atoms with Crippen molar-refractivity contribution in [3.05, 3.63) is 58.1 Å². The fourth-order valence-electron chi connectivity index (χ4n) is 3.51. The molecule has 1 aliphatic heterocycles. The Morgan fingerprint density at radius 1 is 1.10 bits per heavy atom. The summed E-state index contributed by atoms with van der Waals surface area (Å²) in [5.41, 5.74) is 1.16. The van der Waals surface area contributed by atoms with Gasteiger partial charge in [-0.15, -0.1) is 0 Å². The zero-order valence-corrected chi connectivity index (χ0v) is 18.0. The van der Waals surface area contributed by atoms with E-state index in [2.05, 4.69) is 22.3 Å². The maximum absolute atomic E-state index is 12.4. The predicted octanol–water partition coefficient (Wildman–Crippen LogP) is 4.72. The molecule has 7 heteroatoms. The molecule has 5 nitrogen and oxygen atoms in total. The van der Waals surface area contributed by atoms with Gasteiger partial charge in [0.1, 0.15) is 11.5 Å². The first-order valence-corrected chi connectivity index (χ1v) is 10.5. The minimum Gasteiger partial charge on any atom is -0.497 e. The summed E-state index contributed by atoms with van der Waals surface area (Å²) >= 11 is 12.0. The third-order valence-corrected chi connectivity index (χ3v) is 5.61. The molecule has 29 heavy (non-hydrogen) atoms. The Bertz CT molecular complexity index is 808. The van der Waals surface area contributed by atoms with Gasteiger partial charge in [0.15, 0.2) is 6.61 Å². The van der Waals surface area contributed by atoms with E-state index in [0.29, 0.717) is 22.3 Å². The van der Waals surface area contributed by atoms with E-state index in [-0.39, 0.29) is 18.6 Å². The molecule has 1 aliphatic rings. The van der Waals surface area contributed by atoms with Gasteiger partial charge < -0.3 is 14.8 Å². The van der Waals surface area contributed by atoms with Crippen molar-refractivity contribution in [3.63, 3.8) is 0 Å². The highest BCUT2D eigenvalue weighted by Crippen LogP contribution is 2.28. The molecule has 1 fully saturated rings. The molecule has 1 N–H and O–H groups in total. The number of halogens is 2. The van der Waals surface area contributed by atoms with Gasteiger partial charge >= 0.3 is 0 Å². The third kappa shape index (κ3) is 6.26. The van der Waals surface area contributed by atoms with Crippen LogP contribution in [0.4, 0.5) is 0 Å². The van der Waals surface area contributed by atoms with E-state index in [9.17, 15) is 4.79 Å². The van der Waals surface area contributed by atoms with E-state index in [0.717, 1.165) is 24.4 Å². The van der Waals surface area contributed by atoms with Crippen LogP contribution in [0.15, 0.2) is 42.5 Å². The summed E-state index contributed by atoms with van der Waals surface area (Å²) in [6.07, 6.45) is 3.62. The molecule has 1 saturated heterocycles. The van der Waals surface area contributed by atoms with Crippen molar-refractivity contribution in [3.8, 4) is 11.5 Å². The standard InChI is InChI=1S/C22H26Cl2N2O3/c1-28-18-8-5-16(6-9-18)20(26-11-3-2-4-12-26)14-25-22(27)15-29-21-10-7-17(23)13-19(21)24/h5-10,13,20H,2-4,11-12,14-15H2,1H3,(H,25,27). The molecule has 0 aromatic heterocycles. The van der Waals surface area contributed by atoms with E-state index < -0.39 is 0 Å². The molecule has 0 spiro atoms.